The maximum Gasteiger partial charge on any atom is 0.206 e. The Hall–Kier alpha value is -1.01. The van der Waals surface area contributed by atoms with Crippen molar-refractivity contribution in [2.45, 2.75) is 47.0 Å². The molecule has 4 nitrogen and oxygen atoms in total. The van der Waals surface area contributed by atoms with E-state index in [1.165, 1.54) is 9.88 Å². The van der Waals surface area contributed by atoms with Crippen LogP contribution in [0.5, 0.6) is 0 Å². The molecule has 0 amide bonds. The SMILES string of the molecule is CCCNc1nnc(-c2sc(CC(C)C)nc2CC)s1. The number of anilines is 1. The summed E-state index contributed by atoms with van der Waals surface area (Å²) in [5, 5.41) is 14.9. The number of nitrogens with zero attached hydrogens (tertiary/aromatic N) is 3. The topological polar surface area (TPSA) is 50.7 Å². The zero-order chi connectivity index (χ0) is 14.5. The van der Waals surface area contributed by atoms with Crippen LogP contribution < -0.4 is 5.32 Å². The highest BCUT2D eigenvalue weighted by Crippen LogP contribution is 2.35. The smallest absolute Gasteiger partial charge is 0.206 e. The highest BCUT2D eigenvalue weighted by atomic mass is 32.1. The van der Waals surface area contributed by atoms with Crippen molar-refractivity contribution in [3.8, 4) is 9.88 Å². The Morgan fingerprint density at radius 2 is 1.95 bits per heavy atom. The van der Waals surface area contributed by atoms with E-state index in [4.69, 9.17) is 4.98 Å². The average Bonchev–Trinajstić information content (AvgIpc) is 3.01. The molecule has 0 saturated carbocycles. The molecule has 0 unspecified atom stereocenters. The summed E-state index contributed by atoms with van der Waals surface area (Å²) >= 11 is 3.40. The molecule has 2 aromatic heterocycles. The maximum atomic E-state index is 4.75. The normalized spacial score (nSPS) is 11.2. The van der Waals surface area contributed by atoms with Gasteiger partial charge < -0.3 is 5.32 Å². The molecule has 2 aromatic rings. The second-order valence-electron chi connectivity index (χ2n) is 5.17. The quantitative estimate of drug-likeness (QED) is 0.831. The molecule has 0 radical (unpaired) electrons. The van der Waals surface area contributed by atoms with Gasteiger partial charge in [0.25, 0.3) is 0 Å². The summed E-state index contributed by atoms with van der Waals surface area (Å²) in [7, 11) is 0. The van der Waals surface area contributed by atoms with Gasteiger partial charge in [0.15, 0.2) is 5.01 Å². The highest BCUT2D eigenvalue weighted by Gasteiger charge is 2.16. The predicted octanol–water partition coefficient (Wildman–Crippen LogP) is 4.24. The van der Waals surface area contributed by atoms with Crippen molar-refractivity contribution in [2.24, 2.45) is 5.92 Å². The molecule has 0 bridgehead atoms. The van der Waals surface area contributed by atoms with E-state index in [1.54, 1.807) is 22.7 Å². The summed E-state index contributed by atoms with van der Waals surface area (Å²) in [6, 6.07) is 0. The Morgan fingerprint density at radius 1 is 1.15 bits per heavy atom. The van der Waals surface area contributed by atoms with Crippen LogP contribution in [0.1, 0.15) is 44.8 Å². The summed E-state index contributed by atoms with van der Waals surface area (Å²) in [5.41, 5.74) is 1.16. The van der Waals surface area contributed by atoms with Crippen LogP contribution in [0.15, 0.2) is 0 Å². The van der Waals surface area contributed by atoms with Crippen molar-refractivity contribution in [3.63, 3.8) is 0 Å². The van der Waals surface area contributed by atoms with Gasteiger partial charge in [0.05, 0.1) is 15.6 Å². The molecule has 6 heteroatoms. The van der Waals surface area contributed by atoms with Gasteiger partial charge in [-0.25, -0.2) is 4.98 Å². The fourth-order valence-electron chi connectivity index (χ4n) is 1.86. The zero-order valence-corrected chi connectivity index (χ0v) is 14.2. The standard InChI is InChI=1S/C14H22N4S2/c1-5-7-15-14-18-17-13(20-14)12-10(6-2)16-11(19-12)8-9(3)4/h9H,5-8H2,1-4H3,(H,15,18). The minimum atomic E-state index is 0.634. The summed E-state index contributed by atoms with van der Waals surface area (Å²) < 4.78 is 0. The van der Waals surface area contributed by atoms with Gasteiger partial charge in [0, 0.05) is 13.0 Å². The van der Waals surface area contributed by atoms with Crippen LogP contribution in [0.4, 0.5) is 5.13 Å². The van der Waals surface area contributed by atoms with Crippen LogP contribution in [-0.2, 0) is 12.8 Å². The molecule has 0 aromatic carbocycles. The number of hydrogen-bond acceptors (Lipinski definition) is 6. The van der Waals surface area contributed by atoms with Crippen molar-refractivity contribution in [1.29, 1.82) is 0 Å². The molecule has 2 heterocycles. The molecule has 0 aliphatic heterocycles. The summed E-state index contributed by atoms with van der Waals surface area (Å²) in [6.45, 7) is 9.69. The minimum Gasteiger partial charge on any atom is -0.360 e. The summed E-state index contributed by atoms with van der Waals surface area (Å²) in [6.07, 6.45) is 3.08. The molecule has 110 valence electrons. The van der Waals surface area contributed by atoms with E-state index in [9.17, 15) is 0 Å². The minimum absolute atomic E-state index is 0.634. The monoisotopic (exact) mass is 310 g/mol. The van der Waals surface area contributed by atoms with Gasteiger partial charge in [-0.05, 0) is 18.8 Å². The lowest BCUT2D eigenvalue weighted by atomic mass is 10.1. The average molecular weight is 310 g/mol. The third-order valence-electron chi connectivity index (χ3n) is 2.80. The lowest BCUT2D eigenvalue weighted by Crippen LogP contribution is -1.98. The molecule has 0 spiro atoms. The van der Waals surface area contributed by atoms with Gasteiger partial charge in [-0.3, -0.25) is 0 Å². The predicted molar refractivity (Wildman–Crippen MR) is 87.7 cm³/mol. The molecule has 0 atom stereocenters. The lowest BCUT2D eigenvalue weighted by molar-refractivity contribution is 0.643. The number of hydrogen-bond donors (Lipinski definition) is 1. The molecule has 1 N–H and O–H groups in total. The Labute approximate surface area is 128 Å². The summed E-state index contributed by atoms with van der Waals surface area (Å²) in [4.78, 5) is 5.95. The molecule has 0 aliphatic rings. The van der Waals surface area contributed by atoms with E-state index in [1.807, 2.05) is 0 Å². The number of nitrogens with one attached hydrogen (secondary N) is 1. The van der Waals surface area contributed by atoms with E-state index in [-0.39, 0.29) is 0 Å². The van der Waals surface area contributed by atoms with Crippen LogP contribution in [0.3, 0.4) is 0 Å². The van der Waals surface area contributed by atoms with E-state index in [0.717, 1.165) is 41.6 Å². The first-order chi connectivity index (χ1) is 9.63. The third-order valence-corrected chi connectivity index (χ3v) is 4.96. The van der Waals surface area contributed by atoms with Crippen molar-refractivity contribution in [1.82, 2.24) is 15.2 Å². The van der Waals surface area contributed by atoms with E-state index < -0.39 is 0 Å². The first kappa shape index (κ1) is 15.4. The van der Waals surface area contributed by atoms with Gasteiger partial charge in [0.1, 0.15) is 0 Å². The molecule has 0 aliphatic carbocycles. The molecule has 20 heavy (non-hydrogen) atoms. The van der Waals surface area contributed by atoms with Crippen molar-refractivity contribution < 1.29 is 0 Å². The number of aromatic nitrogens is 3. The summed E-state index contributed by atoms with van der Waals surface area (Å²) in [5.74, 6) is 0.634. The van der Waals surface area contributed by atoms with Crippen LogP contribution in [-0.4, -0.2) is 21.7 Å². The molecule has 0 saturated heterocycles. The van der Waals surface area contributed by atoms with Gasteiger partial charge in [-0.1, -0.05) is 39.0 Å². The van der Waals surface area contributed by atoms with E-state index in [0.29, 0.717) is 5.92 Å². The van der Waals surface area contributed by atoms with Crippen LogP contribution in [0, 0.1) is 5.92 Å². The molecule has 0 fully saturated rings. The first-order valence-electron chi connectivity index (χ1n) is 7.20. The van der Waals surface area contributed by atoms with Gasteiger partial charge in [0.2, 0.25) is 5.13 Å². The fraction of sp³-hybridized carbons (Fsp3) is 0.643. The molecule has 2 rings (SSSR count). The second-order valence-corrected chi connectivity index (χ2v) is 7.24. The van der Waals surface area contributed by atoms with Crippen molar-refractivity contribution >= 4 is 27.8 Å². The Kier molecular flexibility index (Phi) is 5.48. The largest absolute Gasteiger partial charge is 0.360 e. The van der Waals surface area contributed by atoms with E-state index in [2.05, 4.69) is 43.2 Å². The Bertz CT molecular complexity index is 545. The number of rotatable bonds is 7. The van der Waals surface area contributed by atoms with Crippen molar-refractivity contribution in [3.05, 3.63) is 10.7 Å². The van der Waals surface area contributed by atoms with Gasteiger partial charge >= 0.3 is 0 Å². The fourth-order valence-corrected chi connectivity index (χ4v) is 4.09. The highest BCUT2D eigenvalue weighted by molar-refractivity contribution is 7.23. The van der Waals surface area contributed by atoms with E-state index >= 15 is 0 Å². The van der Waals surface area contributed by atoms with Crippen LogP contribution in [0.2, 0.25) is 0 Å². The lowest BCUT2D eigenvalue weighted by Gasteiger charge is -1.98. The van der Waals surface area contributed by atoms with Gasteiger partial charge in [-0.2, -0.15) is 0 Å². The van der Waals surface area contributed by atoms with Crippen molar-refractivity contribution in [2.75, 3.05) is 11.9 Å². The second kappa shape index (κ2) is 7.13. The van der Waals surface area contributed by atoms with Crippen LogP contribution in [0.25, 0.3) is 9.88 Å². The Balaban J connectivity index is 2.22. The first-order valence-corrected chi connectivity index (χ1v) is 8.83. The van der Waals surface area contributed by atoms with Gasteiger partial charge in [-0.15, -0.1) is 21.5 Å². The zero-order valence-electron chi connectivity index (χ0n) is 12.6. The maximum absolute atomic E-state index is 4.75. The number of aryl methyl sites for hydroxylation is 1. The number of thiazole rings is 1. The molecular weight excluding hydrogens is 288 g/mol. The van der Waals surface area contributed by atoms with Crippen LogP contribution >= 0.6 is 22.7 Å². The Morgan fingerprint density at radius 3 is 2.60 bits per heavy atom. The molecular formula is C14H22N4S2. The third kappa shape index (κ3) is 3.76.